The smallest absolute Gasteiger partial charge is 0.126 e. The van der Waals surface area contributed by atoms with Crippen LogP contribution >= 0.6 is 0 Å². The zero-order valence-electron chi connectivity index (χ0n) is 8.89. The molecule has 1 nitrogen and oxygen atoms in total. The maximum atomic E-state index is 13.3. The Hall–Kier alpha value is -0.890. The molecule has 1 rings (SSSR count). The van der Waals surface area contributed by atoms with Crippen molar-refractivity contribution in [2.45, 2.75) is 32.7 Å². The van der Waals surface area contributed by atoms with Crippen LogP contribution in [0.25, 0.3) is 0 Å². The van der Waals surface area contributed by atoms with E-state index >= 15 is 0 Å². The van der Waals surface area contributed by atoms with Gasteiger partial charge in [-0.15, -0.1) is 0 Å². The van der Waals surface area contributed by atoms with E-state index in [0.29, 0.717) is 6.04 Å². The Morgan fingerprint density at radius 2 is 2.00 bits per heavy atom. The van der Waals surface area contributed by atoms with Gasteiger partial charge in [0.15, 0.2) is 0 Å². The summed E-state index contributed by atoms with van der Waals surface area (Å²) < 4.78 is 13.3. The van der Waals surface area contributed by atoms with Crippen molar-refractivity contribution < 1.29 is 4.39 Å². The van der Waals surface area contributed by atoms with Crippen molar-refractivity contribution in [2.75, 3.05) is 6.54 Å². The molecule has 0 spiro atoms. The third-order valence-electron chi connectivity index (χ3n) is 2.41. The second-order valence-corrected chi connectivity index (χ2v) is 3.46. The van der Waals surface area contributed by atoms with E-state index in [9.17, 15) is 4.39 Å². The van der Waals surface area contributed by atoms with Crippen molar-refractivity contribution in [3.8, 4) is 0 Å². The summed E-state index contributed by atoms with van der Waals surface area (Å²) in [6.45, 7) is 5.13. The zero-order valence-corrected chi connectivity index (χ0v) is 8.89. The Bertz CT molecular complexity index is 273. The summed E-state index contributed by atoms with van der Waals surface area (Å²) in [7, 11) is 0. The molecule has 1 aromatic carbocycles. The fourth-order valence-corrected chi connectivity index (χ4v) is 1.58. The lowest BCUT2D eigenvalue weighted by molar-refractivity contribution is 0.496. The zero-order chi connectivity index (χ0) is 10.4. The maximum Gasteiger partial charge on any atom is 0.126 e. The van der Waals surface area contributed by atoms with Crippen molar-refractivity contribution in [3.05, 3.63) is 35.6 Å². The topological polar surface area (TPSA) is 12.0 Å². The first-order valence-electron chi connectivity index (χ1n) is 5.24. The number of nitrogens with one attached hydrogen (secondary N) is 1. The first-order chi connectivity index (χ1) is 6.77. The van der Waals surface area contributed by atoms with Crippen LogP contribution in [0.1, 0.15) is 25.8 Å². The van der Waals surface area contributed by atoms with Gasteiger partial charge in [-0.25, -0.2) is 4.39 Å². The molecule has 0 aromatic heterocycles. The summed E-state index contributed by atoms with van der Waals surface area (Å²) >= 11 is 0. The molecule has 0 aliphatic rings. The number of hydrogen-bond donors (Lipinski definition) is 1. The summed E-state index contributed by atoms with van der Waals surface area (Å²) in [5.74, 6) is -0.0937. The van der Waals surface area contributed by atoms with Crippen LogP contribution in [0.5, 0.6) is 0 Å². The van der Waals surface area contributed by atoms with E-state index in [1.165, 1.54) is 6.07 Å². The van der Waals surface area contributed by atoms with E-state index in [0.717, 1.165) is 24.9 Å². The Labute approximate surface area is 85.3 Å². The Morgan fingerprint density at radius 3 is 2.57 bits per heavy atom. The highest BCUT2D eigenvalue weighted by molar-refractivity contribution is 5.18. The van der Waals surface area contributed by atoms with Gasteiger partial charge >= 0.3 is 0 Å². The molecule has 14 heavy (non-hydrogen) atoms. The first kappa shape index (κ1) is 11.2. The molecule has 2 heteroatoms. The molecule has 0 saturated heterocycles. The normalized spacial score (nSPS) is 12.8. The van der Waals surface area contributed by atoms with E-state index in [2.05, 4.69) is 19.2 Å². The van der Waals surface area contributed by atoms with Gasteiger partial charge in [-0.05, 0) is 31.0 Å². The standard InChI is InChI=1S/C12H18FN/c1-3-11(14-4-2)9-10-7-5-6-8-12(10)13/h5-8,11,14H,3-4,9H2,1-2H3. The van der Waals surface area contributed by atoms with Crippen molar-refractivity contribution in [3.63, 3.8) is 0 Å². The summed E-state index contributed by atoms with van der Waals surface area (Å²) in [4.78, 5) is 0. The van der Waals surface area contributed by atoms with Gasteiger partial charge in [0.25, 0.3) is 0 Å². The fraction of sp³-hybridized carbons (Fsp3) is 0.500. The highest BCUT2D eigenvalue weighted by atomic mass is 19.1. The van der Waals surface area contributed by atoms with Crippen LogP contribution in [0.3, 0.4) is 0 Å². The molecule has 0 fully saturated rings. The second-order valence-electron chi connectivity index (χ2n) is 3.46. The van der Waals surface area contributed by atoms with Gasteiger partial charge in [0, 0.05) is 6.04 Å². The minimum atomic E-state index is -0.0937. The van der Waals surface area contributed by atoms with Crippen LogP contribution in [0.2, 0.25) is 0 Å². The molecule has 1 N–H and O–H groups in total. The predicted molar refractivity (Wildman–Crippen MR) is 57.9 cm³/mol. The molecule has 1 atom stereocenters. The van der Waals surface area contributed by atoms with E-state index in [4.69, 9.17) is 0 Å². The lowest BCUT2D eigenvalue weighted by atomic mass is 10.0. The summed E-state index contributed by atoms with van der Waals surface area (Å²) in [6, 6.07) is 7.38. The largest absolute Gasteiger partial charge is 0.314 e. The van der Waals surface area contributed by atoms with Gasteiger partial charge in [0.2, 0.25) is 0 Å². The van der Waals surface area contributed by atoms with Crippen LogP contribution in [0.15, 0.2) is 24.3 Å². The van der Waals surface area contributed by atoms with Crippen LogP contribution in [0, 0.1) is 5.82 Å². The van der Waals surface area contributed by atoms with Gasteiger partial charge in [-0.3, -0.25) is 0 Å². The third-order valence-corrected chi connectivity index (χ3v) is 2.41. The van der Waals surface area contributed by atoms with Crippen molar-refractivity contribution >= 4 is 0 Å². The molecule has 78 valence electrons. The van der Waals surface area contributed by atoms with E-state index in [1.807, 2.05) is 12.1 Å². The minimum Gasteiger partial charge on any atom is -0.314 e. The maximum absolute atomic E-state index is 13.3. The van der Waals surface area contributed by atoms with Gasteiger partial charge in [-0.1, -0.05) is 32.0 Å². The summed E-state index contributed by atoms with van der Waals surface area (Å²) in [5.41, 5.74) is 0.806. The number of hydrogen-bond acceptors (Lipinski definition) is 1. The molecule has 0 saturated carbocycles. The monoisotopic (exact) mass is 195 g/mol. The SMILES string of the molecule is CCNC(CC)Cc1ccccc1F. The quantitative estimate of drug-likeness (QED) is 0.761. The number of likely N-dealkylation sites (N-methyl/N-ethyl adjacent to an activating group) is 1. The van der Waals surface area contributed by atoms with E-state index in [1.54, 1.807) is 6.07 Å². The van der Waals surface area contributed by atoms with Crippen LogP contribution < -0.4 is 5.32 Å². The van der Waals surface area contributed by atoms with Gasteiger partial charge < -0.3 is 5.32 Å². The van der Waals surface area contributed by atoms with Crippen molar-refractivity contribution in [2.24, 2.45) is 0 Å². The van der Waals surface area contributed by atoms with Crippen molar-refractivity contribution in [1.29, 1.82) is 0 Å². The van der Waals surface area contributed by atoms with Crippen LogP contribution in [-0.2, 0) is 6.42 Å². The summed E-state index contributed by atoms with van der Waals surface area (Å²) in [5, 5.41) is 3.34. The molecule has 0 amide bonds. The fourth-order valence-electron chi connectivity index (χ4n) is 1.58. The van der Waals surface area contributed by atoms with Crippen LogP contribution in [-0.4, -0.2) is 12.6 Å². The Balaban J connectivity index is 2.62. The van der Waals surface area contributed by atoms with Gasteiger partial charge in [0.05, 0.1) is 0 Å². The van der Waals surface area contributed by atoms with E-state index < -0.39 is 0 Å². The highest BCUT2D eigenvalue weighted by Crippen LogP contribution is 2.10. The van der Waals surface area contributed by atoms with Crippen LogP contribution in [0.4, 0.5) is 4.39 Å². The third kappa shape index (κ3) is 3.11. The van der Waals surface area contributed by atoms with Gasteiger partial charge in [-0.2, -0.15) is 0 Å². The molecule has 0 aliphatic heterocycles. The Kier molecular flexibility index (Phi) is 4.60. The minimum absolute atomic E-state index is 0.0937. The lowest BCUT2D eigenvalue weighted by Crippen LogP contribution is -2.30. The summed E-state index contributed by atoms with van der Waals surface area (Å²) in [6.07, 6.45) is 1.80. The van der Waals surface area contributed by atoms with E-state index in [-0.39, 0.29) is 5.82 Å². The second kappa shape index (κ2) is 5.76. The molecule has 1 aromatic rings. The molecule has 0 aliphatic carbocycles. The van der Waals surface area contributed by atoms with Crippen molar-refractivity contribution in [1.82, 2.24) is 5.32 Å². The molecule has 0 heterocycles. The molecular weight excluding hydrogens is 177 g/mol. The number of rotatable bonds is 5. The first-order valence-corrected chi connectivity index (χ1v) is 5.24. The number of halogens is 1. The molecule has 0 radical (unpaired) electrons. The average molecular weight is 195 g/mol. The average Bonchev–Trinajstić information content (AvgIpc) is 2.20. The lowest BCUT2D eigenvalue weighted by Gasteiger charge is -2.15. The predicted octanol–water partition coefficient (Wildman–Crippen LogP) is 2.76. The molecule has 0 bridgehead atoms. The Morgan fingerprint density at radius 1 is 1.29 bits per heavy atom. The highest BCUT2D eigenvalue weighted by Gasteiger charge is 2.08. The number of benzene rings is 1. The molecular formula is C12H18FN. The molecule has 1 unspecified atom stereocenters. The van der Waals surface area contributed by atoms with Gasteiger partial charge in [0.1, 0.15) is 5.82 Å².